The minimum atomic E-state index is -0.596. The van der Waals surface area contributed by atoms with Crippen LogP contribution in [-0.2, 0) is 6.54 Å². The monoisotopic (exact) mass is 511 g/mol. The zero-order valence-corrected chi connectivity index (χ0v) is 20.8. The first-order chi connectivity index (χ1) is 17.5. The first-order valence-corrected chi connectivity index (χ1v) is 13.6. The van der Waals surface area contributed by atoms with Crippen molar-refractivity contribution in [3.63, 3.8) is 0 Å². The molecule has 0 bridgehead atoms. The molecule has 1 saturated heterocycles. The summed E-state index contributed by atoms with van der Waals surface area (Å²) in [7, 11) is 0. The highest BCUT2D eigenvalue weighted by molar-refractivity contribution is 7.99. The van der Waals surface area contributed by atoms with Gasteiger partial charge in [-0.2, -0.15) is 11.8 Å². The normalized spacial score (nSPS) is 20.9. The van der Waals surface area contributed by atoms with E-state index in [-0.39, 0.29) is 40.8 Å². The Morgan fingerprint density at radius 1 is 1.03 bits per heavy atom. The van der Waals surface area contributed by atoms with Gasteiger partial charge in [0, 0.05) is 30.2 Å². The van der Waals surface area contributed by atoms with E-state index in [4.69, 9.17) is 5.73 Å². The Labute approximate surface area is 212 Å². The molecule has 36 heavy (non-hydrogen) atoms. The number of hydrogen-bond acceptors (Lipinski definition) is 6. The third-order valence-corrected chi connectivity index (χ3v) is 8.38. The highest BCUT2D eigenvalue weighted by Crippen LogP contribution is 2.30. The average Bonchev–Trinajstić information content (AvgIpc) is 2.91. The Morgan fingerprint density at radius 2 is 1.69 bits per heavy atom. The van der Waals surface area contributed by atoms with Crippen LogP contribution in [0.2, 0.25) is 0 Å². The predicted octanol–water partition coefficient (Wildman–Crippen LogP) is 3.14. The molecule has 2 aromatic heterocycles. The number of pyridine rings is 1. The second-order valence-corrected chi connectivity index (χ2v) is 10.8. The van der Waals surface area contributed by atoms with Crippen LogP contribution in [0.1, 0.15) is 66.5 Å². The quantitative estimate of drug-likeness (QED) is 0.544. The third kappa shape index (κ3) is 4.84. The molecule has 0 radical (unpaired) electrons. The number of amides is 1. The van der Waals surface area contributed by atoms with Crippen molar-refractivity contribution in [2.75, 3.05) is 11.5 Å². The second-order valence-electron chi connectivity index (χ2n) is 9.58. The van der Waals surface area contributed by atoms with Gasteiger partial charge in [0.05, 0.1) is 11.6 Å². The highest BCUT2D eigenvalue weighted by Gasteiger charge is 2.29. The van der Waals surface area contributed by atoms with Gasteiger partial charge in [-0.3, -0.25) is 18.7 Å². The van der Waals surface area contributed by atoms with Crippen molar-refractivity contribution in [2.24, 2.45) is 5.73 Å². The fourth-order valence-electron chi connectivity index (χ4n) is 5.34. The van der Waals surface area contributed by atoms with Crippen LogP contribution in [0.5, 0.6) is 0 Å². The molecule has 3 aromatic rings. The minimum absolute atomic E-state index is 0.0456. The lowest BCUT2D eigenvalue weighted by Gasteiger charge is -2.31. The molecule has 0 atom stereocenters. The summed E-state index contributed by atoms with van der Waals surface area (Å²) in [6.45, 7) is 0.421. The van der Waals surface area contributed by atoms with E-state index in [1.54, 1.807) is 16.7 Å². The second kappa shape index (κ2) is 10.6. The van der Waals surface area contributed by atoms with Crippen LogP contribution in [-0.4, -0.2) is 37.6 Å². The van der Waals surface area contributed by atoms with Crippen LogP contribution in [0.25, 0.3) is 11.0 Å². The van der Waals surface area contributed by atoms with Crippen molar-refractivity contribution in [2.45, 2.75) is 63.2 Å². The van der Waals surface area contributed by atoms with Gasteiger partial charge in [-0.25, -0.2) is 14.2 Å². The van der Waals surface area contributed by atoms with E-state index in [2.05, 4.69) is 10.3 Å². The number of nitrogens with one attached hydrogen (secondary N) is 1. The van der Waals surface area contributed by atoms with Crippen molar-refractivity contribution < 1.29 is 9.18 Å². The molecule has 3 N–H and O–H groups in total. The van der Waals surface area contributed by atoms with Crippen molar-refractivity contribution >= 4 is 28.7 Å². The Morgan fingerprint density at radius 3 is 2.36 bits per heavy atom. The molecule has 1 saturated carbocycles. The fraction of sp³-hybridized carbons (Fsp3) is 0.462. The summed E-state index contributed by atoms with van der Waals surface area (Å²) in [4.78, 5) is 43.9. The smallest absolute Gasteiger partial charge is 0.333 e. The van der Waals surface area contributed by atoms with Gasteiger partial charge < -0.3 is 11.1 Å². The van der Waals surface area contributed by atoms with Crippen LogP contribution >= 0.6 is 11.8 Å². The number of thioether (sulfide) groups is 1. The molecular formula is C26H30FN5O3S. The van der Waals surface area contributed by atoms with Gasteiger partial charge in [0.15, 0.2) is 0 Å². The van der Waals surface area contributed by atoms with E-state index in [0.717, 1.165) is 36.1 Å². The van der Waals surface area contributed by atoms with Crippen LogP contribution in [0.15, 0.2) is 46.1 Å². The summed E-state index contributed by atoms with van der Waals surface area (Å²) in [6.07, 6.45) is 5.11. The van der Waals surface area contributed by atoms with Gasteiger partial charge in [0.2, 0.25) is 0 Å². The maximum Gasteiger partial charge on any atom is 0.333 e. The lowest BCUT2D eigenvalue weighted by molar-refractivity contribution is 0.0922. The summed E-state index contributed by atoms with van der Waals surface area (Å²) >= 11 is 1.84. The zero-order valence-electron chi connectivity index (χ0n) is 20.0. The van der Waals surface area contributed by atoms with Crippen LogP contribution in [0.4, 0.5) is 4.39 Å². The van der Waals surface area contributed by atoms with Gasteiger partial charge >= 0.3 is 5.69 Å². The van der Waals surface area contributed by atoms with Crippen molar-refractivity contribution in [1.29, 1.82) is 0 Å². The summed E-state index contributed by atoms with van der Waals surface area (Å²) in [6, 6.07) is 7.98. The lowest BCUT2D eigenvalue weighted by Crippen LogP contribution is -2.46. The molecule has 3 heterocycles. The van der Waals surface area contributed by atoms with E-state index >= 15 is 0 Å². The molecule has 0 unspecified atom stereocenters. The summed E-state index contributed by atoms with van der Waals surface area (Å²) in [5, 5.41) is 3.21. The zero-order chi connectivity index (χ0) is 25.2. The number of nitrogens with two attached hydrogens (primary N) is 1. The number of fused-ring (bicyclic) bond motifs is 1. The van der Waals surface area contributed by atoms with Crippen LogP contribution < -0.4 is 22.3 Å². The standard InChI is InChI=1S/C26H30FN5O3S/c27-18-13-22-23(29-15-18)31(21-9-11-36-12-10-21)26(35)32(25(22)34)20-7-5-19(6-8-20)30-24(33)17-3-1-16(14-28)2-4-17/h1-4,13,15,19-21H,5-12,14,28H2,(H,30,33). The Hall–Kier alpha value is -2.98. The van der Waals surface area contributed by atoms with Crippen molar-refractivity contribution in [3.8, 4) is 0 Å². The topological polar surface area (TPSA) is 112 Å². The number of carbonyl (C=O) groups excluding carboxylic acids is 1. The molecule has 5 rings (SSSR count). The molecule has 10 heteroatoms. The summed E-state index contributed by atoms with van der Waals surface area (Å²) < 4.78 is 17.0. The van der Waals surface area contributed by atoms with Crippen molar-refractivity contribution in [1.82, 2.24) is 19.4 Å². The Kier molecular flexibility index (Phi) is 7.25. The van der Waals surface area contributed by atoms with E-state index in [0.29, 0.717) is 37.8 Å². The highest BCUT2D eigenvalue weighted by atomic mass is 32.2. The Bertz CT molecular complexity index is 1370. The molecule has 190 valence electrons. The number of nitrogens with zero attached hydrogens (tertiary/aromatic N) is 3. The first-order valence-electron chi connectivity index (χ1n) is 12.5. The number of benzene rings is 1. The van der Waals surface area contributed by atoms with Crippen LogP contribution in [0, 0.1) is 5.82 Å². The van der Waals surface area contributed by atoms with E-state index in [9.17, 15) is 18.8 Å². The minimum Gasteiger partial charge on any atom is -0.349 e. The lowest BCUT2D eigenvalue weighted by atomic mass is 9.90. The first kappa shape index (κ1) is 24.7. The summed E-state index contributed by atoms with van der Waals surface area (Å²) in [5.74, 6) is 1.11. The van der Waals surface area contributed by atoms with Gasteiger partial charge in [0.1, 0.15) is 11.5 Å². The van der Waals surface area contributed by atoms with E-state index in [1.165, 1.54) is 10.6 Å². The largest absolute Gasteiger partial charge is 0.349 e. The van der Waals surface area contributed by atoms with E-state index < -0.39 is 11.4 Å². The number of hydrogen-bond donors (Lipinski definition) is 2. The van der Waals surface area contributed by atoms with E-state index in [1.807, 2.05) is 23.9 Å². The molecule has 1 aromatic carbocycles. The molecule has 2 aliphatic rings. The molecule has 2 fully saturated rings. The van der Waals surface area contributed by atoms with Crippen LogP contribution in [0.3, 0.4) is 0 Å². The molecule has 1 aliphatic heterocycles. The number of halogens is 1. The maximum absolute atomic E-state index is 14.1. The molecular weight excluding hydrogens is 481 g/mol. The molecule has 1 amide bonds. The molecule has 1 aliphatic carbocycles. The number of carbonyl (C=O) groups is 1. The van der Waals surface area contributed by atoms with Gasteiger partial charge in [-0.15, -0.1) is 0 Å². The van der Waals surface area contributed by atoms with Crippen molar-refractivity contribution in [3.05, 3.63) is 74.3 Å². The van der Waals surface area contributed by atoms with Gasteiger partial charge in [-0.05, 0) is 73.8 Å². The molecule has 8 nitrogen and oxygen atoms in total. The predicted molar refractivity (Wildman–Crippen MR) is 139 cm³/mol. The average molecular weight is 512 g/mol. The van der Waals surface area contributed by atoms with Gasteiger partial charge in [-0.1, -0.05) is 12.1 Å². The molecule has 0 spiro atoms. The Balaban J connectivity index is 1.39. The van der Waals surface area contributed by atoms with Gasteiger partial charge in [0.25, 0.3) is 11.5 Å². The third-order valence-electron chi connectivity index (χ3n) is 7.33. The summed E-state index contributed by atoms with van der Waals surface area (Å²) in [5.41, 5.74) is 6.57. The maximum atomic E-state index is 14.1. The number of aromatic nitrogens is 3. The number of rotatable bonds is 5. The fourth-order valence-corrected chi connectivity index (χ4v) is 6.42. The SMILES string of the molecule is NCc1ccc(C(=O)NC2CCC(n3c(=O)c4cc(F)cnc4n(C4CCSCC4)c3=O)CC2)cc1.